The van der Waals surface area contributed by atoms with E-state index in [9.17, 15) is 18.0 Å². The van der Waals surface area contributed by atoms with Crippen molar-refractivity contribution in [2.75, 3.05) is 0 Å². The van der Waals surface area contributed by atoms with Crippen LogP contribution in [0.2, 0.25) is 5.02 Å². The highest BCUT2D eigenvalue weighted by molar-refractivity contribution is 6.34. The molecule has 0 radical (unpaired) electrons. The average Bonchev–Trinajstić information content (AvgIpc) is 2.67. The minimum atomic E-state index is -4.77. The third-order valence-electron chi connectivity index (χ3n) is 2.46. The number of hydrogen-bond acceptors (Lipinski definition) is 3. The Morgan fingerprint density at radius 3 is 2.35 bits per heavy atom. The fraction of sp³-hybridized carbons (Fsp3) is 0.167. The Labute approximate surface area is 116 Å². The van der Waals surface area contributed by atoms with Crippen LogP contribution in [0, 0.1) is 0 Å². The van der Waals surface area contributed by atoms with Gasteiger partial charge in [0, 0.05) is 12.6 Å². The van der Waals surface area contributed by atoms with Crippen LogP contribution in [0.3, 0.4) is 0 Å². The summed E-state index contributed by atoms with van der Waals surface area (Å²) in [5.74, 6) is -0.835. The molecular weight excluding hydrogens is 297 g/mol. The molecule has 0 aliphatic carbocycles. The Kier molecular flexibility index (Phi) is 3.71. The predicted molar refractivity (Wildman–Crippen MR) is 64.8 cm³/mol. The third kappa shape index (κ3) is 3.11. The number of rotatable bonds is 3. The van der Waals surface area contributed by atoms with Gasteiger partial charge in [0.2, 0.25) is 5.78 Å². The van der Waals surface area contributed by atoms with Gasteiger partial charge in [0.1, 0.15) is 11.4 Å². The summed E-state index contributed by atoms with van der Waals surface area (Å²) in [5.41, 5.74) is 0.348. The van der Waals surface area contributed by atoms with E-state index in [0.29, 0.717) is 0 Å². The van der Waals surface area contributed by atoms with Crippen LogP contribution in [0.5, 0.6) is 5.75 Å². The first-order valence-corrected chi connectivity index (χ1v) is 5.74. The van der Waals surface area contributed by atoms with Gasteiger partial charge < -0.3 is 4.74 Å². The number of alkyl halides is 3. The molecule has 0 saturated carbocycles. The Hall–Kier alpha value is -2.02. The van der Waals surface area contributed by atoms with Gasteiger partial charge in [-0.15, -0.1) is 13.2 Å². The molecule has 0 amide bonds. The van der Waals surface area contributed by atoms with E-state index in [1.165, 1.54) is 23.0 Å². The van der Waals surface area contributed by atoms with Crippen LogP contribution in [0.1, 0.15) is 16.1 Å². The van der Waals surface area contributed by atoms with Gasteiger partial charge in [0.05, 0.1) is 11.2 Å². The quantitative estimate of drug-likeness (QED) is 0.818. The van der Waals surface area contributed by atoms with E-state index in [-0.39, 0.29) is 16.3 Å². The number of carbonyl (C=O) groups is 1. The molecule has 0 unspecified atom stereocenters. The van der Waals surface area contributed by atoms with Gasteiger partial charge in [-0.3, -0.25) is 9.48 Å². The SMILES string of the molecule is Cn1ncc(Cl)c1C(=O)c1ccc(OC(F)(F)F)cc1. The van der Waals surface area contributed by atoms with Crippen molar-refractivity contribution < 1.29 is 22.7 Å². The maximum absolute atomic E-state index is 12.1. The van der Waals surface area contributed by atoms with Crippen molar-refractivity contribution in [3.8, 4) is 5.75 Å². The highest BCUT2D eigenvalue weighted by Crippen LogP contribution is 2.24. The number of ketones is 1. The molecule has 0 bridgehead atoms. The molecule has 0 aliphatic heterocycles. The van der Waals surface area contributed by atoms with Crippen molar-refractivity contribution in [1.82, 2.24) is 9.78 Å². The van der Waals surface area contributed by atoms with Gasteiger partial charge in [-0.25, -0.2) is 0 Å². The molecule has 4 nitrogen and oxygen atoms in total. The highest BCUT2D eigenvalue weighted by Gasteiger charge is 2.31. The van der Waals surface area contributed by atoms with Crippen LogP contribution < -0.4 is 4.74 Å². The number of benzene rings is 1. The molecule has 0 aliphatic rings. The number of aryl methyl sites for hydroxylation is 1. The first kappa shape index (κ1) is 14.4. The Morgan fingerprint density at radius 2 is 1.90 bits per heavy atom. The summed E-state index contributed by atoms with van der Waals surface area (Å²) in [7, 11) is 1.54. The Bertz CT molecular complexity index is 616. The second kappa shape index (κ2) is 5.16. The van der Waals surface area contributed by atoms with Crippen LogP contribution in [0.15, 0.2) is 30.5 Å². The molecule has 1 aromatic heterocycles. The highest BCUT2D eigenvalue weighted by atomic mass is 35.5. The van der Waals surface area contributed by atoms with E-state index >= 15 is 0 Å². The topological polar surface area (TPSA) is 44.1 Å². The number of ether oxygens (including phenoxy) is 1. The standard InChI is InChI=1S/C12H8ClF3N2O2/c1-18-10(9(13)6-17-18)11(19)7-2-4-8(5-3-7)20-12(14,15)16/h2-6H,1H3. The van der Waals surface area contributed by atoms with Gasteiger partial charge in [0.25, 0.3) is 0 Å². The number of hydrogen-bond donors (Lipinski definition) is 0. The molecule has 1 aromatic carbocycles. The van der Waals surface area contributed by atoms with Crippen molar-refractivity contribution in [2.24, 2.45) is 7.05 Å². The molecular formula is C12H8ClF3N2O2. The van der Waals surface area contributed by atoms with Gasteiger partial charge in [-0.1, -0.05) is 11.6 Å². The van der Waals surface area contributed by atoms with Crippen LogP contribution in [-0.4, -0.2) is 21.9 Å². The minimum absolute atomic E-state index is 0.163. The molecule has 106 valence electrons. The number of carbonyl (C=O) groups excluding carboxylic acids is 1. The van der Waals surface area contributed by atoms with E-state index in [4.69, 9.17) is 11.6 Å². The molecule has 20 heavy (non-hydrogen) atoms. The van der Waals surface area contributed by atoms with Crippen molar-refractivity contribution in [2.45, 2.75) is 6.36 Å². The lowest BCUT2D eigenvalue weighted by Gasteiger charge is -2.09. The lowest BCUT2D eigenvalue weighted by atomic mass is 10.1. The summed E-state index contributed by atoms with van der Waals surface area (Å²) in [5, 5.41) is 3.99. The van der Waals surface area contributed by atoms with Crippen molar-refractivity contribution in [3.63, 3.8) is 0 Å². The number of aromatic nitrogens is 2. The second-order valence-electron chi connectivity index (χ2n) is 3.87. The third-order valence-corrected chi connectivity index (χ3v) is 2.74. The van der Waals surface area contributed by atoms with Crippen molar-refractivity contribution >= 4 is 17.4 Å². The van der Waals surface area contributed by atoms with Gasteiger partial charge >= 0.3 is 6.36 Å². The normalized spacial score (nSPS) is 11.4. The number of halogens is 4. The lowest BCUT2D eigenvalue weighted by molar-refractivity contribution is -0.274. The van der Waals surface area contributed by atoms with Crippen LogP contribution in [0.25, 0.3) is 0 Å². The Balaban J connectivity index is 2.25. The van der Waals surface area contributed by atoms with Crippen LogP contribution >= 0.6 is 11.6 Å². The predicted octanol–water partition coefficient (Wildman–Crippen LogP) is 3.20. The zero-order valence-electron chi connectivity index (χ0n) is 10.1. The second-order valence-corrected chi connectivity index (χ2v) is 4.27. The van der Waals surface area contributed by atoms with Gasteiger partial charge in [-0.2, -0.15) is 5.10 Å². The van der Waals surface area contributed by atoms with E-state index in [0.717, 1.165) is 12.1 Å². The summed E-state index contributed by atoms with van der Waals surface area (Å²) in [6, 6.07) is 4.58. The molecule has 1 heterocycles. The largest absolute Gasteiger partial charge is 0.573 e. The molecule has 0 atom stereocenters. The Morgan fingerprint density at radius 1 is 1.30 bits per heavy atom. The lowest BCUT2D eigenvalue weighted by Crippen LogP contribution is -2.17. The van der Waals surface area contributed by atoms with Crippen LogP contribution in [0.4, 0.5) is 13.2 Å². The van der Waals surface area contributed by atoms with E-state index in [2.05, 4.69) is 9.84 Å². The molecule has 0 spiro atoms. The monoisotopic (exact) mass is 304 g/mol. The molecule has 8 heteroatoms. The summed E-state index contributed by atoms with van der Waals surface area (Å²) in [6.07, 6.45) is -3.45. The smallest absolute Gasteiger partial charge is 0.406 e. The molecule has 0 saturated heterocycles. The molecule has 0 fully saturated rings. The van der Waals surface area contributed by atoms with Gasteiger partial charge in [-0.05, 0) is 24.3 Å². The van der Waals surface area contributed by atoms with E-state index < -0.39 is 17.9 Å². The fourth-order valence-corrected chi connectivity index (χ4v) is 1.86. The molecule has 2 aromatic rings. The summed E-state index contributed by atoms with van der Waals surface area (Å²) < 4.78 is 41.1. The van der Waals surface area contributed by atoms with Crippen LogP contribution in [-0.2, 0) is 7.05 Å². The van der Waals surface area contributed by atoms with Gasteiger partial charge in [0.15, 0.2) is 0 Å². The minimum Gasteiger partial charge on any atom is -0.406 e. The summed E-state index contributed by atoms with van der Waals surface area (Å²) in [6.45, 7) is 0. The molecule has 2 rings (SSSR count). The molecule has 0 N–H and O–H groups in total. The number of nitrogens with zero attached hydrogens (tertiary/aromatic N) is 2. The first-order chi connectivity index (χ1) is 9.28. The van der Waals surface area contributed by atoms with E-state index in [1.807, 2.05) is 0 Å². The zero-order valence-corrected chi connectivity index (χ0v) is 10.9. The average molecular weight is 305 g/mol. The summed E-state index contributed by atoms with van der Waals surface area (Å²) >= 11 is 5.83. The maximum Gasteiger partial charge on any atom is 0.573 e. The zero-order chi connectivity index (χ0) is 14.9. The fourth-order valence-electron chi connectivity index (χ4n) is 1.61. The summed E-state index contributed by atoms with van der Waals surface area (Å²) in [4.78, 5) is 12.1. The van der Waals surface area contributed by atoms with E-state index in [1.54, 1.807) is 7.05 Å². The first-order valence-electron chi connectivity index (χ1n) is 5.36. The maximum atomic E-state index is 12.1. The van der Waals surface area contributed by atoms with Crippen molar-refractivity contribution in [1.29, 1.82) is 0 Å². The van der Waals surface area contributed by atoms with Crippen molar-refractivity contribution in [3.05, 3.63) is 46.7 Å².